The zero-order valence-electron chi connectivity index (χ0n) is 14.4. The van der Waals surface area contributed by atoms with Gasteiger partial charge in [0.25, 0.3) is 0 Å². The van der Waals surface area contributed by atoms with E-state index in [2.05, 4.69) is 5.32 Å². The molecule has 0 aliphatic heterocycles. The number of nitrogens with one attached hydrogen (secondary N) is 1. The van der Waals surface area contributed by atoms with Crippen molar-refractivity contribution >= 4 is 29.2 Å². The van der Waals surface area contributed by atoms with Gasteiger partial charge >= 0.3 is 5.97 Å². The highest BCUT2D eigenvalue weighted by molar-refractivity contribution is 6.06. The minimum Gasteiger partial charge on any atom is -0.465 e. The summed E-state index contributed by atoms with van der Waals surface area (Å²) in [6.07, 6.45) is 0. The molecule has 0 aliphatic carbocycles. The van der Waals surface area contributed by atoms with Gasteiger partial charge in [-0.3, -0.25) is 9.59 Å². The Balaban J connectivity index is 2.22. The summed E-state index contributed by atoms with van der Waals surface area (Å²) < 4.78 is 4.74. The molecule has 130 valence electrons. The van der Waals surface area contributed by atoms with Crippen LogP contribution in [-0.4, -0.2) is 31.4 Å². The molecular weight excluding hydrogens is 320 g/mol. The van der Waals surface area contributed by atoms with Crippen LogP contribution in [-0.2, 0) is 14.3 Å². The van der Waals surface area contributed by atoms with E-state index in [1.54, 1.807) is 36.4 Å². The molecule has 0 saturated carbocycles. The fourth-order valence-corrected chi connectivity index (χ4v) is 2.34. The fraction of sp³-hybridized carbons (Fsp3) is 0.211. The number of rotatable bonds is 5. The summed E-state index contributed by atoms with van der Waals surface area (Å²) in [6, 6.07) is 13.8. The van der Waals surface area contributed by atoms with Gasteiger partial charge < -0.3 is 15.0 Å². The molecule has 6 heteroatoms. The summed E-state index contributed by atoms with van der Waals surface area (Å²) in [5.41, 5.74) is 2.28. The topological polar surface area (TPSA) is 75.7 Å². The van der Waals surface area contributed by atoms with Crippen LogP contribution in [0.5, 0.6) is 0 Å². The molecule has 6 nitrogen and oxygen atoms in total. The molecule has 2 aromatic rings. The van der Waals surface area contributed by atoms with Gasteiger partial charge in [-0.2, -0.15) is 0 Å². The molecule has 1 N–H and O–H groups in total. The SMILES string of the molecule is COC(=O)c1ccccc1N(CC(=O)Nc1ccc(C)cc1)C(C)=O. The molecule has 0 fully saturated rings. The highest BCUT2D eigenvalue weighted by atomic mass is 16.5. The molecule has 0 unspecified atom stereocenters. The van der Waals surface area contributed by atoms with E-state index in [0.717, 1.165) is 5.56 Å². The number of aryl methyl sites for hydroxylation is 1. The third-order valence-corrected chi connectivity index (χ3v) is 3.62. The van der Waals surface area contributed by atoms with Crippen LogP contribution in [0.1, 0.15) is 22.8 Å². The molecule has 0 aliphatic rings. The maximum atomic E-state index is 12.3. The highest BCUT2D eigenvalue weighted by Crippen LogP contribution is 2.21. The van der Waals surface area contributed by atoms with Crippen LogP contribution in [0.2, 0.25) is 0 Å². The molecule has 2 rings (SSSR count). The van der Waals surface area contributed by atoms with Gasteiger partial charge in [0.15, 0.2) is 0 Å². The van der Waals surface area contributed by atoms with E-state index in [9.17, 15) is 14.4 Å². The molecule has 0 atom stereocenters. The lowest BCUT2D eigenvalue weighted by Gasteiger charge is -2.22. The highest BCUT2D eigenvalue weighted by Gasteiger charge is 2.22. The van der Waals surface area contributed by atoms with Crippen molar-refractivity contribution in [3.05, 3.63) is 59.7 Å². The number of carbonyl (C=O) groups excluding carboxylic acids is 3. The third kappa shape index (κ3) is 4.67. The number of benzene rings is 2. The lowest BCUT2D eigenvalue weighted by Crippen LogP contribution is -2.37. The van der Waals surface area contributed by atoms with Crippen LogP contribution < -0.4 is 10.2 Å². The Bertz CT molecular complexity index is 784. The largest absolute Gasteiger partial charge is 0.465 e. The minimum absolute atomic E-state index is 0.211. The van der Waals surface area contributed by atoms with E-state index in [1.165, 1.54) is 18.9 Å². The second-order valence-corrected chi connectivity index (χ2v) is 5.53. The van der Waals surface area contributed by atoms with Crippen LogP contribution >= 0.6 is 0 Å². The first-order chi connectivity index (χ1) is 11.9. The Morgan fingerprint density at radius 1 is 1.04 bits per heavy atom. The average Bonchev–Trinajstić information content (AvgIpc) is 2.61. The Hall–Kier alpha value is -3.15. The molecular formula is C19H20N2O4. The van der Waals surface area contributed by atoms with Crippen LogP contribution in [0.15, 0.2) is 48.5 Å². The van der Waals surface area contributed by atoms with Crippen molar-refractivity contribution in [2.45, 2.75) is 13.8 Å². The van der Waals surface area contributed by atoms with E-state index < -0.39 is 5.97 Å². The Labute approximate surface area is 146 Å². The smallest absolute Gasteiger partial charge is 0.339 e. The second kappa shape index (κ2) is 8.10. The Morgan fingerprint density at radius 3 is 2.28 bits per heavy atom. The lowest BCUT2D eigenvalue weighted by atomic mass is 10.1. The maximum absolute atomic E-state index is 12.3. The summed E-state index contributed by atoms with van der Waals surface area (Å²) in [5, 5.41) is 2.74. The van der Waals surface area contributed by atoms with Crippen molar-refractivity contribution in [2.75, 3.05) is 23.9 Å². The number of ether oxygens (including phenoxy) is 1. The fourth-order valence-electron chi connectivity index (χ4n) is 2.34. The minimum atomic E-state index is -0.569. The van der Waals surface area contributed by atoms with Crippen molar-refractivity contribution in [2.24, 2.45) is 0 Å². The number of anilines is 2. The summed E-state index contributed by atoms with van der Waals surface area (Å²) in [7, 11) is 1.27. The maximum Gasteiger partial charge on any atom is 0.339 e. The number of hydrogen-bond donors (Lipinski definition) is 1. The zero-order valence-corrected chi connectivity index (χ0v) is 14.4. The van der Waals surface area contributed by atoms with Gasteiger partial charge in [0, 0.05) is 12.6 Å². The normalized spacial score (nSPS) is 10.0. The van der Waals surface area contributed by atoms with Crippen LogP contribution in [0.25, 0.3) is 0 Å². The van der Waals surface area contributed by atoms with Gasteiger partial charge in [0.1, 0.15) is 6.54 Å². The van der Waals surface area contributed by atoms with Gasteiger partial charge in [-0.05, 0) is 31.2 Å². The van der Waals surface area contributed by atoms with E-state index in [1.807, 2.05) is 19.1 Å². The monoisotopic (exact) mass is 340 g/mol. The van der Waals surface area contributed by atoms with Gasteiger partial charge in [-0.1, -0.05) is 29.8 Å². The molecule has 0 spiro atoms. The third-order valence-electron chi connectivity index (χ3n) is 3.62. The molecule has 0 aromatic heterocycles. The van der Waals surface area contributed by atoms with Crippen molar-refractivity contribution < 1.29 is 19.1 Å². The van der Waals surface area contributed by atoms with Crippen LogP contribution in [0, 0.1) is 6.92 Å². The summed E-state index contributed by atoms with van der Waals surface area (Å²) in [5.74, 6) is -1.28. The van der Waals surface area contributed by atoms with Gasteiger partial charge in [0.05, 0.1) is 18.4 Å². The zero-order chi connectivity index (χ0) is 18.4. The van der Waals surface area contributed by atoms with E-state index in [0.29, 0.717) is 11.4 Å². The van der Waals surface area contributed by atoms with Gasteiger partial charge in [0.2, 0.25) is 11.8 Å². The lowest BCUT2D eigenvalue weighted by molar-refractivity contribution is -0.120. The van der Waals surface area contributed by atoms with Gasteiger partial charge in [-0.25, -0.2) is 4.79 Å². The predicted molar refractivity (Wildman–Crippen MR) is 95.6 cm³/mol. The molecule has 0 heterocycles. The summed E-state index contributed by atoms with van der Waals surface area (Å²) in [6.45, 7) is 3.08. The second-order valence-electron chi connectivity index (χ2n) is 5.53. The first-order valence-electron chi connectivity index (χ1n) is 7.74. The predicted octanol–water partition coefficient (Wildman–Crippen LogP) is 2.77. The standard InChI is InChI=1S/C19H20N2O4/c1-13-8-10-15(11-9-13)20-18(23)12-21(14(2)22)17-7-5-4-6-16(17)19(24)25-3/h4-11H,12H2,1-3H3,(H,20,23). The summed E-state index contributed by atoms with van der Waals surface area (Å²) >= 11 is 0. The van der Waals surface area contributed by atoms with Crippen molar-refractivity contribution in [3.63, 3.8) is 0 Å². The molecule has 2 amide bonds. The molecule has 0 saturated heterocycles. The number of amides is 2. The molecule has 2 aromatic carbocycles. The van der Waals surface area contributed by atoms with E-state index in [4.69, 9.17) is 4.74 Å². The molecule has 25 heavy (non-hydrogen) atoms. The number of para-hydroxylation sites is 1. The number of methoxy groups -OCH3 is 1. The first-order valence-corrected chi connectivity index (χ1v) is 7.74. The van der Waals surface area contributed by atoms with E-state index in [-0.39, 0.29) is 23.9 Å². The number of hydrogen-bond acceptors (Lipinski definition) is 4. The number of carbonyl (C=O) groups is 3. The average molecular weight is 340 g/mol. The number of esters is 1. The Kier molecular flexibility index (Phi) is 5.89. The van der Waals surface area contributed by atoms with Crippen LogP contribution in [0.4, 0.5) is 11.4 Å². The first kappa shape index (κ1) is 18.2. The Morgan fingerprint density at radius 2 is 1.68 bits per heavy atom. The van der Waals surface area contributed by atoms with Crippen LogP contribution in [0.3, 0.4) is 0 Å². The van der Waals surface area contributed by atoms with Crippen molar-refractivity contribution in [1.82, 2.24) is 0 Å². The van der Waals surface area contributed by atoms with E-state index >= 15 is 0 Å². The van der Waals surface area contributed by atoms with Crippen molar-refractivity contribution in [3.8, 4) is 0 Å². The summed E-state index contributed by atoms with van der Waals surface area (Å²) in [4.78, 5) is 37.5. The van der Waals surface area contributed by atoms with Crippen molar-refractivity contribution in [1.29, 1.82) is 0 Å². The molecule has 0 radical (unpaired) electrons. The quantitative estimate of drug-likeness (QED) is 0.849. The number of nitrogens with zero attached hydrogens (tertiary/aromatic N) is 1. The molecule has 0 bridgehead atoms. The van der Waals surface area contributed by atoms with Gasteiger partial charge in [-0.15, -0.1) is 0 Å².